The SMILES string of the molecule is CCC[C@H](C)C(=O)OCC(=O)NCc1ccc(OC)c(OC)c1. The van der Waals surface area contributed by atoms with Crippen LogP contribution in [0.3, 0.4) is 0 Å². The van der Waals surface area contributed by atoms with E-state index in [9.17, 15) is 9.59 Å². The Hall–Kier alpha value is -2.24. The van der Waals surface area contributed by atoms with Crippen molar-refractivity contribution < 1.29 is 23.8 Å². The van der Waals surface area contributed by atoms with Crippen molar-refractivity contribution in [2.75, 3.05) is 20.8 Å². The van der Waals surface area contributed by atoms with E-state index in [1.54, 1.807) is 33.3 Å². The van der Waals surface area contributed by atoms with E-state index in [0.717, 1.165) is 18.4 Å². The zero-order valence-electron chi connectivity index (χ0n) is 14.2. The minimum absolute atomic E-state index is 0.182. The summed E-state index contributed by atoms with van der Waals surface area (Å²) >= 11 is 0. The van der Waals surface area contributed by atoms with E-state index in [0.29, 0.717) is 18.0 Å². The Morgan fingerprint density at radius 1 is 1.17 bits per heavy atom. The highest BCUT2D eigenvalue weighted by atomic mass is 16.5. The van der Waals surface area contributed by atoms with Crippen molar-refractivity contribution >= 4 is 11.9 Å². The van der Waals surface area contributed by atoms with Crippen LogP contribution in [-0.2, 0) is 20.9 Å². The molecule has 0 aromatic heterocycles. The average Bonchev–Trinajstić information content (AvgIpc) is 2.57. The van der Waals surface area contributed by atoms with Crippen molar-refractivity contribution in [3.8, 4) is 11.5 Å². The highest BCUT2D eigenvalue weighted by molar-refractivity contribution is 5.81. The molecule has 1 N–H and O–H groups in total. The van der Waals surface area contributed by atoms with Gasteiger partial charge in [-0.2, -0.15) is 0 Å². The molecule has 0 aliphatic heterocycles. The van der Waals surface area contributed by atoms with Crippen molar-refractivity contribution in [2.45, 2.75) is 33.2 Å². The Morgan fingerprint density at radius 2 is 1.87 bits per heavy atom. The Kier molecular flexibility index (Phi) is 7.94. The lowest BCUT2D eigenvalue weighted by atomic mass is 10.1. The number of methoxy groups -OCH3 is 2. The molecule has 1 aromatic carbocycles. The van der Waals surface area contributed by atoms with Crippen LogP contribution in [0.1, 0.15) is 32.3 Å². The molecule has 128 valence electrons. The molecule has 0 spiro atoms. The van der Waals surface area contributed by atoms with E-state index in [1.165, 1.54) is 0 Å². The molecule has 1 rings (SSSR count). The van der Waals surface area contributed by atoms with Crippen LogP contribution in [0.2, 0.25) is 0 Å². The standard InChI is InChI=1S/C17H25NO5/c1-5-6-12(2)17(20)23-11-16(19)18-10-13-7-8-14(21-3)15(9-13)22-4/h7-9,12H,5-6,10-11H2,1-4H3,(H,18,19)/t12-/m0/s1. The van der Waals surface area contributed by atoms with E-state index < -0.39 is 0 Å². The maximum absolute atomic E-state index is 11.7. The van der Waals surface area contributed by atoms with Crippen LogP contribution in [0.15, 0.2) is 18.2 Å². The summed E-state index contributed by atoms with van der Waals surface area (Å²) in [6.45, 7) is 3.86. The third kappa shape index (κ3) is 6.18. The first-order valence-corrected chi connectivity index (χ1v) is 7.66. The normalized spacial score (nSPS) is 11.5. The largest absolute Gasteiger partial charge is 0.493 e. The van der Waals surface area contributed by atoms with Crippen LogP contribution in [0.4, 0.5) is 0 Å². The van der Waals surface area contributed by atoms with Crippen LogP contribution in [-0.4, -0.2) is 32.7 Å². The molecule has 1 aromatic rings. The number of ether oxygens (including phenoxy) is 3. The molecule has 0 unspecified atom stereocenters. The van der Waals surface area contributed by atoms with Gasteiger partial charge in [0.2, 0.25) is 0 Å². The Morgan fingerprint density at radius 3 is 2.48 bits per heavy atom. The van der Waals surface area contributed by atoms with Crippen molar-refractivity contribution in [3.63, 3.8) is 0 Å². The maximum atomic E-state index is 11.7. The summed E-state index contributed by atoms with van der Waals surface area (Å²) in [7, 11) is 3.12. The van der Waals surface area contributed by atoms with Gasteiger partial charge in [0.05, 0.1) is 20.1 Å². The second-order valence-corrected chi connectivity index (χ2v) is 5.26. The minimum Gasteiger partial charge on any atom is -0.493 e. The van der Waals surface area contributed by atoms with Crippen LogP contribution in [0, 0.1) is 5.92 Å². The Labute approximate surface area is 137 Å². The highest BCUT2D eigenvalue weighted by Gasteiger charge is 2.15. The van der Waals surface area contributed by atoms with Crippen LogP contribution >= 0.6 is 0 Å². The molecule has 1 atom stereocenters. The van der Waals surface area contributed by atoms with Gasteiger partial charge in [-0.1, -0.05) is 26.3 Å². The third-order valence-corrected chi connectivity index (χ3v) is 3.41. The van der Waals surface area contributed by atoms with Crippen LogP contribution in [0.25, 0.3) is 0 Å². The fourth-order valence-electron chi connectivity index (χ4n) is 2.07. The molecule has 6 nitrogen and oxygen atoms in total. The fourth-order valence-corrected chi connectivity index (χ4v) is 2.07. The predicted octanol–water partition coefficient (Wildman–Crippen LogP) is 2.30. The summed E-state index contributed by atoms with van der Waals surface area (Å²) in [6.07, 6.45) is 1.66. The van der Waals surface area contributed by atoms with Gasteiger partial charge < -0.3 is 19.5 Å². The molecule has 0 heterocycles. The average molecular weight is 323 g/mol. The minimum atomic E-state index is -0.340. The summed E-state index contributed by atoms with van der Waals surface area (Å²) in [5.41, 5.74) is 0.863. The van der Waals surface area contributed by atoms with Gasteiger partial charge in [0.15, 0.2) is 18.1 Å². The molecule has 0 saturated carbocycles. The molecule has 0 saturated heterocycles. The van der Waals surface area contributed by atoms with Gasteiger partial charge >= 0.3 is 5.97 Å². The number of esters is 1. The van der Waals surface area contributed by atoms with Gasteiger partial charge in [-0.05, 0) is 24.1 Å². The first-order chi connectivity index (χ1) is 11.0. The van der Waals surface area contributed by atoms with Crippen molar-refractivity contribution in [2.24, 2.45) is 5.92 Å². The second-order valence-electron chi connectivity index (χ2n) is 5.26. The van der Waals surface area contributed by atoms with Crippen LogP contribution < -0.4 is 14.8 Å². The van der Waals surface area contributed by atoms with Crippen LogP contribution in [0.5, 0.6) is 11.5 Å². The van der Waals surface area contributed by atoms with E-state index >= 15 is 0 Å². The second kappa shape index (κ2) is 9.71. The molecule has 1 amide bonds. The van der Waals surface area contributed by atoms with Gasteiger partial charge in [0, 0.05) is 6.54 Å². The van der Waals surface area contributed by atoms with Gasteiger partial charge in [0.1, 0.15) is 0 Å². The number of amides is 1. The zero-order chi connectivity index (χ0) is 17.2. The molecular weight excluding hydrogens is 298 g/mol. The molecule has 0 aliphatic carbocycles. The molecular formula is C17H25NO5. The Balaban J connectivity index is 2.43. The topological polar surface area (TPSA) is 73.9 Å². The number of nitrogens with one attached hydrogen (secondary N) is 1. The van der Waals surface area contributed by atoms with Crippen molar-refractivity contribution in [3.05, 3.63) is 23.8 Å². The monoisotopic (exact) mass is 323 g/mol. The number of rotatable bonds is 9. The summed E-state index contributed by atoms with van der Waals surface area (Å²) in [5, 5.41) is 2.70. The quantitative estimate of drug-likeness (QED) is 0.706. The van der Waals surface area contributed by atoms with Gasteiger partial charge in [-0.3, -0.25) is 9.59 Å². The smallest absolute Gasteiger partial charge is 0.309 e. The van der Waals surface area contributed by atoms with E-state index in [4.69, 9.17) is 14.2 Å². The van der Waals surface area contributed by atoms with Crippen molar-refractivity contribution in [1.29, 1.82) is 0 Å². The molecule has 0 fully saturated rings. The summed E-state index contributed by atoms with van der Waals surface area (Å²) < 4.78 is 15.4. The summed E-state index contributed by atoms with van der Waals surface area (Å²) in [5.74, 6) is 0.365. The number of carbonyl (C=O) groups excluding carboxylic acids is 2. The third-order valence-electron chi connectivity index (χ3n) is 3.41. The van der Waals surface area contributed by atoms with E-state index in [1.807, 2.05) is 13.0 Å². The number of carbonyl (C=O) groups is 2. The van der Waals surface area contributed by atoms with Gasteiger partial charge in [-0.25, -0.2) is 0 Å². The fraction of sp³-hybridized carbons (Fsp3) is 0.529. The zero-order valence-corrected chi connectivity index (χ0v) is 14.2. The van der Waals surface area contributed by atoms with E-state index in [-0.39, 0.29) is 24.4 Å². The number of hydrogen-bond donors (Lipinski definition) is 1. The van der Waals surface area contributed by atoms with Gasteiger partial charge in [0.25, 0.3) is 5.91 Å². The van der Waals surface area contributed by atoms with Crippen molar-refractivity contribution in [1.82, 2.24) is 5.32 Å². The maximum Gasteiger partial charge on any atom is 0.309 e. The molecule has 6 heteroatoms. The first-order valence-electron chi connectivity index (χ1n) is 7.66. The predicted molar refractivity (Wildman–Crippen MR) is 86.4 cm³/mol. The first kappa shape index (κ1) is 18.8. The summed E-state index contributed by atoms with van der Waals surface area (Å²) in [6, 6.07) is 5.39. The molecule has 0 bridgehead atoms. The Bertz CT molecular complexity index is 530. The van der Waals surface area contributed by atoms with Gasteiger partial charge in [-0.15, -0.1) is 0 Å². The molecule has 23 heavy (non-hydrogen) atoms. The molecule has 0 radical (unpaired) electrons. The lowest BCUT2D eigenvalue weighted by Crippen LogP contribution is -2.29. The lowest BCUT2D eigenvalue weighted by Gasteiger charge is -2.12. The lowest BCUT2D eigenvalue weighted by molar-refractivity contribution is -0.152. The highest BCUT2D eigenvalue weighted by Crippen LogP contribution is 2.27. The number of hydrogen-bond acceptors (Lipinski definition) is 5. The summed E-state index contributed by atoms with van der Waals surface area (Å²) in [4.78, 5) is 23.4. The number of benzene rings is 1. The van der Waals surface area contributed by atoms with E-state index in [2.05, 4.69) is 5.32 Å². The molecule has 0 aliphatic rings.